The van der Waals surface area contributed by atoms with Crippen molar-refractivity contribution in [3.05, 3.63) is 70.5 Å². The number of hydrogen-bond donors (Lipinski definition) is 2. The standard InChI is InChI=1S/C24H26F3N3O2/c1-29-23(31)13-3-2-4-14(7-13)24(32)30-17-5-6-18(30)9-16(8-17)22(28)11-15-10-20(26)21(27)12-19(15)25/h2-4,7,10,12,16-18,22H,5-6,8-9,11,28H2,1H3,(H,29,31)/t16?,17-,18+,22?. The predicted molar refractivity (Wildman–Crippen MR) is 114 cm³/mol. The largest absolute Gasteiger partial charge is 0.355 e. The van der Waals surface area contributed by atoms with E-state index in [4.69, 9.17) is 5.73 Å². The Labute approximate surface area is 184 Å². The second kappa shape index (κ2) is 8.94. The van der Waals surface area contributed by atoms with E-state index in [0.717, 1.165) is 18.9 Å². The Morgan fingerprint density at radius 3 is 2.31 bits per heavy atom. The van der Waals surface area contributed by atoms with Crippen LogP contribution in [-0.2, 0) is 6.42 Å². The molecule has 2 unspecified atom stereocenters. The average Bonchev–Trinajstić information content (AvgIpc) is 3.05. The fraction of sp³-hybridized carbons (Fsp3) is 0.417. The molecule has 2 aromatic carbocycles. The van der Waals surface area contributed by atoms with Gasteiger partial charge in [0.05, 0.1) is 0 Å². The molecule has 0 aromatic heterocycles. The Kier molecular flexibility index (Phi) is 6.24. The summed E-state index contributed by atoms with van der Waals surface area (Å²) in [5.74, 6) is -3.43. The molecule has 2 saturated heterocycles. The summed E-state index contributed by atoms with van der Waals surface area (Å²) in [6.45, 7) is 0. The highest BCUT2D eigenvalue weighted by atomic mass is 19.2. The lowest BCUT2D eigenvalue weighted by molar-refractivity contribution is 0.0500. The van der Waals surface area contributed by atoms with Crippen LogP contribution in [0.5, 0.6) is 0 Å². The number of carbonyl (C=O) groups is 2. The van der Waals surface area contributed by atoms with E-state index in [0.29, 0.717) is 30.0 Å². The summed E-state index contributed by atoms with van der Waals surface area (Å²) in [7, 11) is 1.54. The van der Waals surface area contributed by atoms with Crippen molar-refractivity contribution in [2.24, 2.45) is 11.7 Å². The fourth-order valence-electron chi connectivity index (χ4n) is 5.13. The van der Waals surface area contributed by atoms with Crippen molar-refractivity contribution in [3.63, 3.8) is 0 Å². The van der Waals surface area contributed by atoms with Crippen molar-refractivity contribution in [1.82, 2.24) is 10.2 Å². The van der Waals surface area contributed by atoms with Crippen molar-refractivity contribution in [2.45, 2.75) is 50.2 Å². The summed E-state index contributed by atoms with van der Waals surface area (Å²) >= 11 is 0. The number of nitrogens with zero attached hydrogens (tertiary/aromatic N) is 1. The van der Waals surface area contributed by atoms with E-state index < -0.39 is 23.5 Å². The molecule has 2 fully saturated rings. The number of halogens is 3. The summed E-state index contributed by atoms with van der Waals surface area (Å²) in [5, 5.41) is 2.56. The molecule has 5 nitrogen and oxygen atoms in total. The minimum atomic E-state index is -1.22. The summed E-state index contributed by atoms with van der Waals surface area (Å²) in [5.41, 5.74) is 7.32. The van der Waals surface area contributed by atoms with Crippen molar-refractivity contribution in [3.8, 4) is 0 Å². The van der Waals surface area contributed by atoms with Crippen LogP contribution in [0.4, 0.5) is 13.2 Å². The number of piperidine rings is 1. The Hall–Kier alpha value is -2.87. The van der Waals surface area contributed by atoms with Crippen LogP contribution in [0.15, 0.2) is 36.4 Å². The third kappa shape index (κ3) is 4.24. The van der Waals surface area contributed by atoms with Gasteiger partial charge in [-0.25, -0.2) is 13.2 Å². The molecular weight excluding hydrogens is 419 g/mol. The van der Waals surface area contributed by atoms with Crippen molar-refractivity contribution < 1.29 is 22.8 Å². The maximum Gasteiger partial charge on any atom is 0.254 e. The molecule has 2 aromatic rings. The highest BCUT2D eigenvalue weighted by Crippen LogP contribution is 2.41. The van der Waals surface area contributed by atoms with E-state index in [1.807, 2.05) is 4.90 Å². The quantitative estimate of drug-likeness (QED) is 0.693. The maximum atomic E-state index is 14.1. The summed E-state index contributed by atoms with van der Waals surface area (Å²) < 4.78 is 40.8. The Morgan fingerprint density at radius 1 is 1.03 bits per heavy atom. The summed E-state index contributed by atoms with van der Waals surface area (Å²) in [6.07, 6.45) is 3.16. The molecule has 3 N–H and O–H groups in total. The smallest absolute Gasteiger partial charge is 0.254 e. The molecule has 4 atom stereocenters. The number of nitrogens with one attached hydrogen (secondary N) is 1. The molecule has 2 bridgehead atoms. The molecule has 0 aliphatic carbocycles. The van der Waals surface area contributed by atoms with Gasteiger partial charge in [0.2, 0.25) is 0 Å². The zero-order valence-electron chi connectivity index (χ0n) is 17.8. The third-order valence-electron chi connectivity index (χ3n) is 6.75. The van der Waals surface area contributed by atoms with Crippen LogP contribution in [0.2, 0.25) is 0 Å². The van der Waals surface area contributed by atoms with Crippen molar-refractivity contribution in [1.29, 1.82) is 0 Å². The number of hydrogen-bond acceptors (Lipinski definition) is 3. The lowest BCUT2D eigenvalue weighted by Gasteiger charge is -2.41. The first kappa shape index (κ1) is 22.3. The second-order valence-corrected chi connectivity index (χ2v) is 8.71. The molecule has 170 valence electrons. The van der Waals surface area contributed by atoms with E-state index in [1.165, 1.54) is 7.05 Å². The molecule has 2 amide bonds. The molecule has 0 radical (unpaired) electrons. The van der Waals surface area contributed by atoms with E-state index in [-0.39, 0.29) is 41.8 Å². The molecule has 0 spiro atoms. The number of carbonyl (C=O) groups excluding carboxylic acids is 2. The van der Waals surface area contributed by atoms with E-state index >= 15 is 0 Å². The van der Waals surface area contributed by atoms with E-state index in [9.17, 15) is 22.8 Å². The Bertz CT molecular complexity index is 1030. The minimum absolute atomic E-state index is 0.00996. The summed E-state index contributed by atoms with van der Waals surface area (Å²) in [4.78, 5) is 27.1. The number of fused-ring (bicyclic) bond motifs is 2. The number of benzene rings is 2. The molecular formula is C24H26F3N3O2. The van der Waals surface area contributed by atoms with Gasteiger partial charge in [-0.05, 0) is 67.9 Å². The Balaban J connectivity index is 1.46. The number of nitrogens with two attached hydrogens (primary N) is 1. The van der Waals surface area contributed by atoms with Gasteiger partial charge in [-0.15, -0.1) is 0 Å². The van der Waals surface area contributed by atoms with E-state index in [2.05, 4.69) is 5.32 Å². The first-order valence-electron chi connectivity index (χ1n) is 10.8. The van der Waals surface area contributed by atoms with Gasteiger partial charge in [0.1, 0.15) is 5.82 Å². The normalized spacial score (nSPS) is 23.2. The molecule has 4 rings (SSSR count). The zero-order chi connectivity index (χ0) is 23.0. The number of amides is 2. The minimum Gasteiger partial charge on any atom is -0.355 e. The van der Waals surface area contributed by atoms with Gasteiger partial charge in [0, 0.05) is 42.4 Å². The van der Waals surface area contributed by atoms with Crippen molar-refractivity contribution in [2.75, 3.05) is 7.05 Å². The van der Waals surface area contributed by atoms with Crippen LogP contribution in [0.25, 0.3) is 0 Å². The molecule has 0 saturated carbocycles. The Morgan fingerprint density at radius 2 is 1.66 bits per heavy atom. The molecule has 32 heavy (non-hydrogen) atoms. The highest BCUT2D eigenvalue weighted by Gasteiger charge is 2.44. The zero-order valence-corrected chi connectivity index (χ0v) is 17.8. The molecule has 8 heteroatoms. The average molecular weight is 445 g/mol. The second-order valence-electron chi connectivity index (χ2n) is 8.71. The highest BCUT2D eigenvalue weighted by molar-refractivity contribution is 5.99. The van der Waals surface area contributed by atoms with Gasteiger partial charge in [-0.2, -0.15) is 0 Å². The van der Waals surface area contributed by atoms with Crippen LogP contribution in [0.3, 0.4) is 0 Å². The fourth-order valence-corrected chi connectivity index (χ4v) is 5.13. The summed E-state index contributed by atoms with van der Waals surface area (Å²) in [6, 6.07) is 7.68. The predicted octanol–water partition coefficient (Wildman–Crippen LogP) is 3.42. The van der Waals surface area contributed by atoms with Crippen LogP contribution in [-0.4, -0.2) is 41.9 Å². The molecule has 2 aliphatic rings. The van der Waals surface area contributed by atoms with Gasteiger partial charge in [0.25, 0.3) is 11.8 Å². The lowest BCUT2D eigenvalue weighted by Crippen LogP contribution is -2.50. The lowest BCUT2D eigenvalue weighted by atomic mass is 9.82. The van der Waals surface area contributed by atoms with Gasteiger partial charge < -0.3 is 16.0 Å². The molecule has 2 heterocycles. The molecule has 2 aliphatic heterocycles. The first-order valence-corrected chi connectivity index (χ1v) is 10.8. The van der Waals surface area contributed by atoms with Gasteiger partial charge in [-0.3, -0.25) is 9.59 Å². The van der Waals surface area contributed by atoms with Gasteiger partial charge in [-0.1, -0.05) is 6.07 Å². The van der Waals surface area contributed by atoms with Crippen LogP contribution < -0.4 is 11.1 Å². The van der Waals surface area contributed by atoms with Crippen molar-refractivity contribution >= 4 is 11.8 Å². The monoisotopic (exact) mass is 445 g/mol. The third-order valence-corrected chi connectivity index (χ3v) is 6.75. The maximum absolute atomic E-state index is 14.1. The first-order chi connectivity index (χ1) is 15.3. The van der Waals surface area contributed by atoms with Crippen LogP contribution >= 0.6 is 0 Å². The number of rotatable bonds is 5. The van der Waals surface area contributed by atoms with Crippen LogP contribution in [0.1, 0.15) is 52.0 Å². The SMILES string of the molecule is CNC(=O)c1cccc(C(=O)N2[C@@H]3CC[C@H]2CC(C(N)Cc2cc(F)c(F)cc2F)C3)c1. The van der Waals surface area contributed by atoms with Gasteiger partial charge in [0.15, 0.2) is 11.6 Å². The van der Waals surface area contributed by atoms with Gasteiger partial charge >= 0.3 is 0 Å². The van der Waals surface area contributed by atoms with E-state index in [1.54, 1.807) is 24.3 Å². The topological polar surface area (TPSA) is 75.4 Å². The van der Waals surface area contributed by atoms with Crippen LogP contribution in [0, 0.1) is 23.4 Å².